The van der Waals surface area contributed by atoms with E-state index in [1.54, 1.807) is 29.3 Å². The van der Waals surface area contributed by atoms with Crippen LogP contribution in [0.4, 0.5) is 4.39 Å². The second kappa shape index (κ2) is 3.66. The zero-order valence-electron chi connectivity index (χ0n) is 9.26. The highest BCUT2D eigenvalue weighted by Gasteiger charge is 2.05. The van der Waals surface area contributed by atoms with Crippen molar-refractivity contribution in [3.05, 3.63) is 54.2 Å². The smallest absolute Gasteiger partial charge is 0.124 e. The second-order valence-electron chi connectivity index (χ2n) is 3.98. The van der Waals surface area contributed by atoms with E-state index in [1.807, 2.05) is 13.0 Å². The highest BCUT2D eigenvalue weighted by molar-refractivity contribution is 5.80. The molecule has 3 aromatic rings. The first kappa shape index (κ1) is 9.96. The first-order chi connectivity index (χ1) is 8.24. The number of hydrogen-bond donors (Lipinski definition) is 0. The normalized spacial score (nSPS) is 10.9. The van der Waals surface area contributed by atoms with Crippen molar-refractivity contribution in [2.75, 3.05) is 0 Å². The van der Waals surface area contributed by atoms with Gasteiger partial charge < -0.3 is 0 Å². The van der Waals surface area contributed by atoms with Gasteiger partial charge in [0.25, 0.3) is 0 Å². The minimum atomic E-state index is -0.251. The lowest BCUT2D eigenvalue weighted by Gasteiger charge is -2.03. The highest BCUT2D eigenvalue weighted by Crippen LogP contribution is 2.19. The first-order valence-corrected chi connectivity index (χ1v) is 5.29. The Hall–Kier alpha value is -2.23. The van der Waals surface area contributed by atoms with Crippen LogP contribution in [0.3, 0.4) is 0 Å². The number of aryl methyl sites for hydroxylation is 1. The topological polar surface area (TPSA) is 30.7 Å². The van der Waals surface area contributed by atoms with Crippen LogP contribution in [-0.4, -0.2) is 14.8 Å². The Bertz CT molecular complexity index is 688. The number of benzene rings is 1. The van der Waals surface area contributed by atoms with E-state index in [1.165, 1.54) is 12.1 Å². The quantitative estimate of drug-likeness (QED) is 0.640. The standard InChI is InChI=1S/C13H10FN3/c1-9-4-12(8-15-6-9)17-13-3-2-11(14)5-10(13)7-16-17/h2-8H,1H3. The molecule has 0 saturated carbocycles. The third kappa shape index (κ3) is 1.67. The van der Waals surface area contributed by atoms with Crippen molar-refractivity contribution in [3.8, 4) is 5.69 Å². The number of halogens is 1. The van der Waals surface area contributed by atoms with E-state index in [0.717, 1.165) is 22.2 Å². The van der Waals surface area contributed by atoms with Crippen LogP contribution in [0.1, 0.15) is 5.56 Å². The number of rotatable bonds is 1. The first-order valence-electron chi connectivity index (χ1n) is 5.29. The molecule has 0 aliphatic heterocycles. The number of nitrogens with zero attached hydrogens (tertiary/aromatic N) is 3. The lowest BCUT2D eigenvalue weighted by atomic mass is 10.2. The van der Waals surface area contributed by atoms with Crippen LogP contribution in [0.15, 0.2) is 42.9 Å². The summed E-state index contributed by atoms with van der Waals surface area (Å²) in [4.78, 5) is 4.13. The Morgan fingerprint density at radius 3 is 2.82 bits per heavy atom. The highest BCUT2D eigenvalue weighted by atomic mass is 19.1. The second-order valence-corrected chi connectivity index (χ2v) is 3.98. The summed E-state index contributed by atoms with van der Waals surface area (Å²) in [6, 6.07) is 6.62. The summed E-state index contributed by atoms with van der Waals surface area (Å²) in [6.45, 7) is 1.97. The summed E-state index contributed by atoms with van der Waals surface area (Å²) in [5.41, 5.74) is 2.82. The molecule has 84 valence electrons. The van der Waals surface area contributed by atoms with Gasteiger partial charge in [0.15, 0.2) is 0 Å². The van der Waals surface area contributed by atoms with E-state index in [0.29, 0.717) is 0 Å². The maximum atomic E-state index is 13.1. The van der Waals surface area contributed by atoms with E-state index < -0.39 is 0 Å². The fourth-order valence-corrected chi connectivity index (χ4v) is 1.86. The van der Waals surface area contributed by atoms with Crippen molar-refractivity contribution in [3.63, 3.8) is 0 Å². The number of aromatic nitrogens is 3. The van der Waals surface area contributed by atoms with Crippen molar-refractivity contribution in [2.24, 2.45) is 0 Å². The molecule has 2 heterocycles. The molecule has 4 heteroatoms. The van der Waals surface area contributed by atoms with E-state index >= 15 is 0 Å². The third-order valence-electron chi connectivity index (χ3n) is 2.64. The van der Waals surface area contributed by atoms with Crippen LogP contribution in [0.5, 0.6) is 0 Å². The van der Waals surface area contributed by atoms with Gasteiger partial charge in [-0.1, -0.05) is 0 Å². The molecule has 0 fully saturated rings. The number of pyridine rings is 1. The van der Waals surface area contributed by atoms with E-state index in [-0.39, 0.29) is 5.82 Å². The van der Waals surface area contributed by atoms with Crippen LogP contribution < -0.4 is 0 Å². The van der Waals surface area contributed by atoms with Crippen molar-refractivity contribution in [2.45, 2.75) is 6.92 Å². The van der Waals surface area contributed by atoms with Gasteiger partial charge in [-0.2, -0.15) is 5.10 Å². The number of fused-ring (bicyclic) bond motifs is 1. The van der Waals surface area contributed by atoms with Gasteiger partial charge in [0.05, 0.1) is 23.6 Å². The number of hydrogen-bond acceptors (Lipinski definition) is 2. The zero-order valence-corrected chi connectivity index (χ0v) is 9.26. The van der Waals surface area contributed by atoms with Crippen LogP contribution in [-0.2, 0) is 0 Å². The molecule has 0 radical (unpaired) electrons. The van der Waals surface area contributed by atoms with Gasteiger partial charge >= 0.3 is 0 Å². The predicted octanol–water partition coefficient (Wildman–Crippen LogP) is 2.87. The monoisotopic (exact) mass is 227 g/mol. The average Bonchev–Trinajstić information content (AvgIpc) is 2.71. The molecule has 3 rings (SSSR count). The molecule has 0 N–H and O–H groups in total. The Morgan fingerprint density at radius 1 is 1.12 bits per heavy atom. The van der Waals surface area contributed by atoms with Gasteiger partial charge in [0, 0.05) is 11.6 Å². The molecule has 0 aliphatic rings. The maximum absolute atomic E-state index is 13.1. The zero-order chi connectivity index (χ0) is 11.8. The van der Waals surface area contributed by atoms with E-state index in [9.17, 15) is 4.39 Å². The third-order valence-corrected chi connectivity index (χ3v) is 2.64. The van der Waals surface area contributed by atoms with Crippen molar-refractivity contribution in [1.29, 1.82) is 0 Å². The molecule has 3 nitrogen and oxygen atoms in total. The fourth-order valence-electron chi connectivity index (χ4n) is 1.86. The molecule has 0 spiro atoms. The lowest BCUT2D eigenvalue weighted by molar-refractivity contribution is 0.629. The largest absolute Gasteiger partial charge is 0.262 e. The van der Waals surface area contributed by atoms with Crippen LogP contribution in [0, 0.1) is 12.7 Å². The van der Waals surface area contributed by atoms with Gasteiger partial charge in [-0.25, -0.2) is 9.07 Å². The molecule has 0 aliphatic carbocycles. The van der Waals surface area contributed by atoms with Gasteiger partial charge in [-0.05, 0) is 36.8 Å². The minimum absolute atomic E-state index is 0.251. The SMILES string of the molecule is Cc1cncc(-n2ncc3cc(F)ccc32)c1. The lowest BCUT2D eigenvalue weighted by Crippen LogP contribution is -1.97. The maximum Gasteiger partial charge on any atom is 0.124 e. The average molecular weight is 227 g/mol. The van der Waals surface area contributed by atoms with Gasteiger partial charge in [0.2, 0.25) is 0 Å². The molecule has 0 bridgehead atoms. The van der Waals surface area contributed by atoms with Gasteiger partial charge in [-0.15, -0.1) is 0 Å². The molecule has 17 heavy (non-hydrogen) atoms. The van der Waals surface area contributed by atoms with Crippen molar-refractivity contribution >= 4 is 10.9 Å². The summed E-state index contributed by atoms with van der Waals surface area (Å²) in [7, 11) is 0. The predicted molar refractivity (Wildman–Crippen MR) is 63.6 cm³/mol. The van der Waals surface area contributed by atoms with Crippen LogP contribution in [0.25, 0.3) is 16.6 Å². The van der Waals surface area contributed by atoms with Crippen molar-refractivity contribution < 1.29 is 4.39 Å². The summed E-state index contributed by atoms with van der Waals surface area (Å²) < 4.78 is 14.8. The fraction of sp³-hybridized carbons (Fsp3) is 0.0769. The summed E-state index contributed by atoms with van der Waals surface area (Å²) >= 11 is 0. The van der Waals surface area contributed by atoms with Gasteiger partial charge in [0.1, 0.15) is 5.82 Å². The summed E-state index contributed by atoms with van der Waals surface area (Å²) in [5.74, 6) is -0.251. The van der Waals surface area contributed by atoms with Crippen LogP contribution in [0.2, 0.25) is 0 Å². The molecule has 0 saturated heterocycles. The summed E-state index contributed by atoms with van der Waals surface area (Å²) in [5, 5.41) is 5.04. The Morgan fingerprint density at radius 2 is 2.00 bits per heavy atom. The molecule has 1 aromatic carbocycles. The Labute approximate surface area is 97.5 Å². The summed E-state index contributed by atoms with van der Waals surface area (Å²) in [6.07, 6.45) is 5.18. The Balaban J connectivity index is 2.24. The molecule has 0 unspecified atom stereocenters. The van der Waals surface area contributed by atoms with Crippen molar-refractivity contribution in [1.82, 2.24) is 14.8 Å². The molecule has 2 aromatic heterocycles. The van der Waals surface area contributed by atoms with E-state index in [4.69, 9.17) is 0 Å². The Kier molecular flexibility index (Phi) is 2.14. The molecule has 0 atom stereocenters. The molecule has 0 amide bonds. The molecular formula is C13H10FN3. The van der Waals surface area contributed by atoms with Gasteiger partial charge in [-0.3, -0.25) is 4.98 Å². The van der Waals surface area contributed by atoms with E-state index in [2.05, 4.69) is 10.1 Å². The van der Waals surface area contributed by atoms with Crippen LogP contribution >= 0.6 is 0 Å². The molecular weight excluding hydrogens is 217 g/mol. The minimum Gasteiger partial charge on any atom is -0.262 e.